The first-order valence-electron chi connectivity index (χ1n) is 8.63. The van der Waals surface area contributed by atoms with Crippen molar-refractivity contribution in [2.45, 2.75) is 31.9 Å². The van der Waals surface area contributed by atoms with Crippen LogP contribution in [0.3, 0.4) is 0 Å². The van der Waals surface area contributed by atoms with Crippen LogP contribution in [-0.2, 0) is 6.54 Å². The molecule has 0 aliphatic heterocycles. The summed E-state index contributed by atoms with van der Waals surface area (Å²) in [7, 11) is 0. The Morgan fingerprint density at radius 2 is 1.92 bits per heavy atom. The molecule has 2 aromatic carbocycles. The fraction of sp³-hybridized carbons (Fsp3) is 0.286. The van der Waals surface area contributed by atoms with E-state index in [9.17, 15) is 5.11 Å². The quantitative estimate of drug-likeness (QED) is 0.755. The number of imidazole rings is 1. The summed E-state index contributed by atoms with van der Waals surface area (Å²) in [6.07, 6.45) is 8.87. The van der Waals surface area contributed by atoms with E-state index in [0.717, 1.165) is 24.9 Å². The highest BCUT2D eigenvalue weighted by Crippen LogP contribution is 2.38. The highest BCUT2D eigenvalue weighted by Gasteiger charge is 2.26. The summed E-state index contributed by atoms with van der Waals surface area (Å²) in [4.78, 5) is 4.09. The van der Waals surface area contributed by atoms with Gasteiger partial charge in [0, 0.05) is 18.9 Å². The second-order valence-electron chi connectivity index (χ2n) is 6.69. The van der Waals surface area contributed by atoms with Gasteiger partial charge in [0.15, 0.2) is 0 Å². The van der Waals surface area contributed by atoms with Crippen molar-refractivity contribution in [3.8, 4) is 11.1 Å². The summed E-state index contributed by atoms with van der Waals surface area (Å²) in [5, 5.41) is 10.4. The minimum Gasteiger partial charge on any atom is -0.388 e. The summed E-state index contributed by atoms with van der Waals surface area (Å²) < 4.78 is 2.07. The summed E-state index contributed by atoms with van der Waals surface area (Å²) in [6, 6.07) is 17.0. The van der Waals surface area contributed by atoms with Crippen LogP contribution in [0.25, 0.3) is 11.1 Å². The van der Waals surface area contributed by atoms with Gasteiger partial charge in [-0.15, -0.1) is 0 Å². The number of nitrogens with zero attached hydrogens (tertiary/aromatic N) is 2. The Bertz CT molecular complexity index is 789. The monoisotopic (exact) mass is 318 g/mol. The second kappa shape index (κ2) is 6.62. The molecule has 1 saturated carbocycles. The van der Waals surface area contributed by atoms with Crippen molar-refractivity contribution in [1.82, 2.24) is 9.55 Å². The van der Waals surface area contributed by atoms with Crippen LogP contribution in [0.2, 0.25) is 0 Å². The third kappa shape index (κ3) is 3.13. The molecule has 1 aliphatic rings. The second-order valence-corrected chi connectivity index (χ2v) is 6.69. The zero-order valence-electron chi connectivity index (χ0n) is 13.7. The van der Waals surface area contributed by atoms with Crippen molar-refractivity contribution in [2.24, 2.45) is 5.92 Å². The van der Waals surface area contributed by atoms with Gasteiger partial charge in [-0.1, -0.05) is 48.9 Å². The van der Waals surface area contributed by atoms with Gasteiger partial charge in [0.05, 0.1) is 12.4 Å². The molecule has 0 radical (unpaired) electrons. The molecule has 1 heterocycles. The average Bonchev–Trinajstić information content (AvgIpc) is 3.07. The maximum Gasteiger partial charge on any atom is 0.0949 e. The third-order valence-electron chi connectivity index (χ3n) is 5.03. The zero-order valence-corrected chi connectivity index (χ0v) is 13.7. The van der Waals surface area contributed by atoms with Crippen molar-refractivity contribution in [3.63, 3.8) is 0 Å². The standard InChI is InChI=1S/C21H22N2O/c24-21(18-4-2-5-18)19-9-7-17(8-10-19)20-6-1-3-16(13-20)14-23-12-11-22-15-23/h1,3,6-13,15,18,21,24H,2,4-5,14H2. The molecule has 3 nitrogen and oxygen atoms in total. The number of benzene rings is 2. The summed E-state index contributed by atoms with van der Waals surface area (Å²) in [6.45, 7) is 0.826. The highest BCUT2D eigenvalue weighted by atomic mass is 16.3. The first kappa shape index (κ1) is 15.2. The maximum absolute atomic E-state index is 10.4. The Morgan fingerprint density at radius 1 is 1.08 bits per heavy atom. The smallest absolute Gasteiger partial charge is 0.0949 e. The average molecular weight is 318 g/mol. The first-order valence-corrected chi connectivity index (χ1v) is 8.63. The molecular formula is C21H22N2O. The number of hydrogen-bond donors (Lipinski definition) is 1. The van der Waals surface area contributed by atoms with Gasteiger partial charge in [-0.05, 0) is 47.1 Å². The molecule has 0 spiro atoms. The van der Waals surface area contributed by atoms with Crippen molar-refractivity contribution in [2.75, 3.05) is 0 Å². The van der Waals surface area contributed by atoms with Crippen molar-refractivity contribution >= 4 is 0 Å². The molecule has 24 heavy (non-hydrogen) atoms. The van der Waals surface area contributed by atoms with Crippen LogP contribution in [0.1, 0.15) is 36.5 Å². The van der Waals surface area contributed by atoms with Gasteiger partial charge in [0.25, 0.3) is 0 Å². The molecule has 1 aromatic heterocycles. The van der Waals surface area contributed by atoms with Gasteiger partial charge in [0.1, 0.15) is 0 Å². The molecule has 1 atom stereocenters. The SMILES string of the molecule is OC(c1ccc(-c2cccc(Cn3ccnc3)c2)cc1)C1CCC1. The van der Waals surface area contributed by atoms with Crippen LogP contribution < -0.4 is 0 Å². The van der Waals surface area contributed by atoms with E-state index < -0.39 is 0 Å². The molecule has 0 saturated heterocycles. The van der Waals surface area contributed by atoms with Crippen LogP contribution in [0.5, 0.6) is 0 Å². The van der Waals surface area contributed by atoms with E-state index in [2.05, 4.69) is 58.1 Å². The zero-order chi connectivity index (χ0) is 16.4. The fourth-order valence-electron chi connectivity index (χ4n) is 3.34. The molecule has 1 N–H and O–H groups in total. The number of rotatable bonds is 5. The van der Waals surface area contributed by atoms with Crippen molar-refractivity contribution in [1.29, 1.82) is 0 Å². The lowest BCUT2D eigenvalue weighted by Crippen LogP contribution is -2.19. The minimum atomic E-state index is -0.305. The lowest BCUT2D eigenvalue weighted by Gasteiger charge is -2.30. The summed E-state index contributed by atoms with van der Waals surface area (Å²) >= 11 is 0. The largest absolute Gasteiger partial charge is 0.388 e. The minimum absolute atomic E-state index is 0.305. The molecule has 4 rings (SSSR count). The van der Waals surface area contributed by atoms with Gasteiger partial charge >= 0.3 is 0 Å². The van der Waals surface area contributed by atoms with E-state index in [4.69, 9.17) is 0 Å². The topological polar surface area (TPSA) is 38.0 Å². The third-order valence-corrected chi connectivity index (χ3v) is 5.03. The Hall–Kier alpha value is -2.39. The molecule has 3 heteroatoms. The van der Waals surface area contributed by atoms with E-state index >= 15 is 0 Å². The Kier molecular flexibility index (Phi) is 4.18. The van der Waals surface area contributed by atoms with Crippen molar-refractivity contribution in [3.05, 3.63) is 78.4 Å². The molecule has 1 fully saturated rings. The Labute approximate surface area is 142 Å². The maximum atomic E-state index is 10.4. The Morgan fingerprint density at radius 3 is 2.58 bits per heavy atom. The van der Waals surface area contributed by atoms with E-state index in [-0.39, 0.29) is 6.10 Å². The van der Waals surface area contributed by atoms with Crippen LogP contribution >= 0.6 is 0 Å². The van der Waals surface area contributed by atoms with Crippen molar-refractivity contribution < 1.29 is 5.11 Å². The van der Waals surface area contributed by atoms with E-state index in [1.807, 2.05) is 12.5 Å². The molecule has 1 unspecified atom stereocenters. The predicted octanol–water partition coefficient (Wildman–Crippen LogP) is 4.43. The van der Waals surface area contributed by atoms with E-state index in [0.29, 0.717) is 5.92 Å². The lowest BCUT2D eigenvalue weighted by molar-refractivity contribution is 0.0621. The Balaban J connectivity index is 1.52. The molecule has 122 valence electrons. The number of aliphatic hydroxyl groups excluding tert-OH is 1. The number of aromatic nitrogens is 2. The molecular weight excluding hydrogens is 296 g/mol. The fourth-order valence-corrected chi connectivity index (χ4v) is 3.34. The predicted molar refractivity (Wildman–Crippen MR) is 95.5 cm³/mol. The van der Waals surface area contributed by atoms with Crippen LogP contribution in [0, 0.1) is 5.92 Å². The van der Waals surface area contributed by atoms with Crippen LogP contribution in [0.4, 0.5) is 0 Å². The van der Waals surface area contributed by atoms with E-state index in [1.165, 1.54) is 23.1 Å². The van der Waals surface area contributed by atoms with Gasteiger partial charge in [-0.3, -0.25) is 0 Å². The lowest BCUT2D eigenvalue weighted by atomic mass is 9.78. The highest BCUT2D eigenvalue weighted by molar-refractivity contribution is 5.64. The molecule has 0 amide bonds. The van der Waals surface area contributed by atoms with Crippen LogP contribution in [-0.4, -0.2) is 14.7 Å². The molecule has 1 aliphatic carbocycles. The summed E-state index contributed by atoms with van der Waals surface area (Å²) in [5.41, 5.74) is 4.69. The molecule has 3 aromatic rings. The van der Waals surface area contributed by atoms with Gasteiger partial charge < -0.3 is 9.67 Å². The molecule has 0 bridgehead atoms. The number of aliphatic hydroxyl groups is 1. The van der Waals surface area contributed by atoms with Gasteiger partial charge in [0.2, 0.25) is 0 Å². The van der Waals surface area contributed by atoms with E-state index in [1.54, 1.807) is 6.20 Å². The van der Waals surface area contributed by atoms with Gasteiger partial charge in [-0.25, -0.2) is 4.98 Å². The first-order chi connectivity index (χ1) is 11.8. The normalized spacial score (nSPS) is 15.9. The summed E-state index contributed by atoms with van der Waals surface area (Å²) in [5.74, 6) is 0.453. The van der Waals surface area contributed by atoms with Crippen LogP contribution in [0.15, 0.2) is 67.3 Å². The van der Waals surface area contributed by atoms with Gasteiger partial charge in [-0.2, -0.15) is 0 Å². The number of hydrogen-bond acceptors (Lipinski definition) is 2.